The molecule has 0 spiro atoms. The quantitative estimate of drug-likeness (QED) is 0.599. The van der Waals surface area contributed by atoms with Crippen LogP contribution in [-0.4, -0.2) is 26.3 Å². The number of oxazole rings is 1. The standard InChI is InChI=1S/C17H17N5O2/c1-10-14-15(21-20-10)12-9-11(16-19-6-8-24-16)3-4-13(12)22(17(14)23)7-2-5-18/h3-4,6,8-9H,2,5,7,18H2,1H3,(H,20,21). The van der Waals surface area contributed by atoms with Crippen molar-refractivity contribution in [1.82, 2.24) is 19.7 Å². The maximum absolute atomic E-state index is 12.9. The Hall–Kier alpha value is -2.93. The van der Waals surface area contributed by atoms with E-state index >= 15 is 0 Å². The lowest BCUT2D eigenvalue weighted by molar-refractivity contribution is 0.574. The van der Waals surface area contributed by atoms with Gasteiger partial charge in [0, 0.05) is 23.2 Å². The molecule has 4 aromatic rings. The Morgan fingerprint density at radius 1 is 1.38 bits per heavy atom. The number of fused-ring (bicyclic) bond motifs is 3. The van der Waals surface area contributed by atoms with E-state index in [1.54, 1.807) is 10.8 Å². The average molecular weight is 323 g/mol. The third-order valence-corrected chi connectivity index (χ3v) is 4.21. The smallest absolute Gasteiger partial charge is 0.262 e. The zero-order valence-corrected chi connectivity index (χ0v) is 13.2. The number of aryl methyl sites for hydroxylation is 2. The average Bonchev–Trinajstić information content (AvgIpc) is 3.24. The van der Waals surface area contributed by atoms with Gasteiger partial charge in [-0.2, -0.15) is 5.10 Å². The van der Waals surface area contributed by atoms with E-state index in [0.717, 1.165) is 28.6 Å². The molecule has 0 unspecified atom stereocenters. The Labute approximate surface area is 137 Å². The lowest BCUT2D eigenvalue weighted by atomic mass is 10.1. The highest BCUT2D eigenvalue weighted by atomic mass is 16.3. The van der Waals surface area contributed by atoms with E-state index < -0.39 is 0 Å². The minimum Gasteiger partial charge on any atom is -0.445 e. The van der Waals surface area contributed by atoms with E-state index in [2.05, 4.69) is 15.2 Å². The molecule has 0 saturated carbocycles. The summed E-state index contributed by atoms with van der Waals surface area (Å²) >= 11 is 0. The van der Waals surface area contributed by atoms with Crippen molar-refractivity contribution in [3.05, 3.63) is 46.7 Å². The van der Waals surface area contributed by atoms with E-state index in [4.69, 9.17) is 10.2 Å². The fourth-order valence-electron chi connectivity index (χ4n) is 3.06. The molecule has 0 saturated heterocycles. The predicted octanol–water partition coefficient (Wildman–Crippen LogP) is 2.19. The highest BCUT2D eigenvalue weighted by Gasteiger charge is 2.16. The molecule has 1 aromatic carbocycles. The zero-order chi connectivity index (χ0) is 16.7. The number of hydrogen-bond acceptors (Lipinski definition) is 5. The van der Waals surface area contributed by atoms with Crippen molar-refractivity contribution in [2.45, 2.75) is 19.9 Å². The van der Waals surface area contributed by atoms with Crippen LogP contribution in [0.2, 0.25) is 0 Å². The van der Waals surface area contributed by atoms with Crippen molar-refractivity contribution in [2.75, 3.05) is 6.54 Å². The van der Waals surface area contributed by atoms with Gasteiger partial charge in [0.15, 0.2) is 0 Å². The molecule has 0 radical (unpaired) electrons. The Balaban J connectivity index is 2.08. The first kappa shape index (κ1) is 14.6. The number of aromatic nitrogens is 4. The summed E-state index contributed by atoms with van der Waals surface area (Å²) in [7, 11) is 0. The molecular formula is C17H17N5O2. The molecule has 3 heterocycles. The molecule has 24 heavy (non-hydrogen) atoms. The number of aromatic amines is 1. The second kappa shape index (κ2) is 5.61. The Bertz CT molecular complexity index is 1080. The van der Waals surface area contributed by atoms with Gasteiger partial charge in [0.05, 0.1) is 17.1 Å². The summed E-state index contributed by atoms with van der Waals surface area (Å²) in [6.07, 6.45) is 3.88. The van der Waals surface area contributed by atoms with Gasteiger partial charge in [-0.15, -0.1) is 0 Å². The third kappa shape index (κ3) is 2.13. The first-order valence-corrected chi connectivity index (χ1v) is 7.82. The number of nitrogens with zero attached hydrogens (tertiary/aromatic N) is 3. The number of hydrogen-bond donors (Lipinski definition) is 2. The van der Waals surface area contributed by atoms with Crippen molar-refractivity contribution in [3.63, 3.8) is 0 Å². The third-order valence-electron chi connectivity index (χ3n) is 4.21. The molecule has 3 N–H and O–H groups in total. The minimum absolute atomic E-state index is 0.0407. The van der Waals surface area contributed by atoms with Gasteiger partial charge in [-0.3, -0.25) is 9.89 Å². The van der Waals surface area contributed by atoms with Gasteiger partial charge in [-0.1, -0.05) is 0 Å². The number of H-pyrrole nitrogens is 1. The molecule has 7 heteroatoms. The first-order chi connectivity index (χ1) is 11.7. The summed E-state index contributed by atoms with van der Waals surface area (Å²) in [5, 5.41) is 8.76. The highest BCUT2D eigenvalue weighted by Crippen LogP contribution is 2.27. The van der Waals surface area contributed by atoms with Crippen molar-refractivity contribution >= 4 is 21.8 Å². The maximum Gasteiger partial charge on any atom is 0.262 e. The van der Waals surface area contributed by atoms with E-state index in [9.17, 15) is 4.79 Å². The van der Waals surface area contributed by atoms with Crippen LogP contribution in [-0.2, 0) is 6.54 Å². The summed E-state index contributed by atoms with van der Waals surface area (Å²) in [6.45, 7) is 2.96. The summed E-state index contributed by atoms with van der Waals surface area (Å²) in [5.74, 6) is 0.539. The van der Waals surface area contributed by atoms with E-state index in [0.29, 0.717) is 29.9 Å². The number of benzene rings is 1. The van der Waals surface area contributed by atoms with Gasteiger partial charge in [0.25, 0.3) is 5.56 Å². The fourth-order valence-corrected chi connectivity index (χ4v) is 3.06. The Morgan fingerprint density at radius 2 is 2.25 bits per heavy atom. The molecule has 4 rings (SSSR count). The van der Waals surface area contributed by atoms with Crippen LogP contribution in [0.4, 0.5) is 0 Å². The largest absolute Gasteiger partial charge is 0.445 e. The molecule has 7 nitrogen and oxygen atoms in total. The Kier molecular flexibility index (Phi) is 3.42. The van der Waals surface area contributed by atoms with Crippen LogP contribution in [0.25, 0.3) is 33.3 Å². The van der Waals surface area contributed by atoms with Gasteiger partial charge >= 0.3 is 0 Å². The monoisotopic (exact) mass is 323 g/mol. The van der Waals surface area contributed by atoms with E-state index in [1.165, 1.54) is 6.26 Å². The predicted molar refractivity (Wildman–Crippen MR) is 91.8 cm³/mol. The van der Waals surface area contributed by atoms with Gasteiger partial charge in [0.2, 0.25) is 5.89 Å². The van der Waals surface area contributed by atoms with Gasteiger partial charge in [-0.25, -0.2) is 4.98 Å². The highest BCUT2D eigenvalue weighted by molar-refractivity contribution is 6.05. The number of pyridine rings is 1. The van der Waals surface area contributed by atoms with E-state index in [-0.39, 0.29) is 5.56 Å². The lowest BCUT2D eigenvalue weighted by Gasteiger charge is -2.11. The zero-order valence-electron chi connectivity index (χ0n) is 13.2. The van der Waals surface area contributed by atoms with Crippen molar-refractivity contribution in [2.24, 2.45) is 5.73 Å². The minimum atomic E-state index is -0.0407. The second-order valence-electron chi connectivity index (χ2n) is 5.74. The second-order valence-corrected chi connectivity index (χ2v) is 5.74. The summed E-state index contributed by atoms with van der Waals surface area (Å²) in [5.41, 5.74) is 8.70. The molecule has 0 aliphatic carbocycles. The number of rotatable bonds is 4. The van der Waals surface area contributed by atoms with Crippen molar-refractivity contribution < 1.29 is 4.42 Å². The molecule has 0 aliphatic heterocycles. The SMILES string of the molecule is Cc1[nH]nc2c1c(=O)n(CCCN)c1ccc(-c3ncco3)cc21. The van der Waals surface area contributed by atoms with Gasteiger partial charge in [-0.05, 0) is 38.1 Å². The molecule has 122 valence electrons. The Morgan fingerprint density at radius 3 is 3.00 bits per heavy atom. The van der Waals surface area contributed by atoms with Crippen molar-refractivity contribution in [1.29, 1.82) is 0 Å². The molecule has 0 fully saturated rings. The lowest BCUT2D eigenvalue weighted by Crippen LogP contribution is -2.22. The molecule has 0 bridgehead atoms. The van der Waals surface area contributed by atoms with Crippen molar-refractivity contribution in [3.8, 4) is 11.5 Å². The van der Waals surface area contributed by atoms with Crippen LogP contribution in [0.3, 0.4) is 0 Å². The molecule has 3 aromatic heterocycles. The molecule has 0 atom stereocenters. The van der Waals surface area contributed by atoms with E-state index in [1.807, 2.05) is 25.1 Å². The van der Waals surface area contributed by atoms with Gasteiger partial charge < -0.3 is 14.7 Å². The van der Waals surface area contributed by atoms with Gasteiger partial charge in [0.1, 0.15) is 11.8 Å². The van der Waals surface area contributed by atoms with Crippen LogP contribution < -0.4 is 11.3 Å². The van der Waals surface area contributed by atoms with Crippen LogP contribution in [0, 0.1) is 6.92 Å². The van der Waals surface area contributed by atoms with Crippen LogP contribution in [0.5, 0.6) is 0 Å². The first-order valence-electron chi connectivity index (χ1n) is 7.82. The number of nitrogens with one attached hydrogen (secondary N) is 1. The topological polar surface area (TPSA) is 103 Å². The normalized spacial score (nSPS) is 11.6. The molecule has 0 aliphatic rings. The summed E-state index contributed by atoms with van der Waals surface area (Å²) in [4.78, 5) is 17.1. The number of nitrogens with two attached hydrogens (primary N) is 1. The fraction of sp³-hybridized carbons (Fsp3) is 0.235. The molecular weight excluding hydrogens is 306 g/mol. The maximum atomic E-state index is 12.9. The summed E-state index contributed by atoms with van der Waals surface area (Å²) in [6, 6.07) is 5.77. The summed E-state index contributed by atoms with van der Waals surface area (Å²) < 4.78 is 7.15. The van der Waals surface area contributed by atoms with Crippen LogP contribution in [0.1, 0.15) is 12.1 Å². The van der Waals surface area contributed by atoms with Crippen LogP contribution in [0.15, 0.2) is 39.9 Å². The van der Waals surface area contributed by atoms with Crippen LogP contribution >= 0.6 is 0 Å². The molecule has 0 amide bonds.